The third-order valence-corrected chi connectivity index (χ3v) is 10.3. The molecule has 0 saturated carbocycles. The number of likely N-dealkylation sites (tertiary alicyclic amines) is 1. The number of imidazole rings is 1. The zero-order valence-electron chi connectivity index (χ0n) is 27.2. The highest BCUT2D eigenvalue weighted by Crippen LogP contribution is 2.26. The van der Waals surface area contributed by atoms with Gasteiger partial charge < -0.3 is 33.9 Å². The molecule has 2 aromatic heterocycles. The summed E-state index contributed by atoms with van der Waals surface area (Å²) < 4.78 is 13.6. The number of hydrogen-bond acceptors (Lipinski definition) is 7. The summed E-state index contributed by atoms with van der Waals surface area (Å²) in [5.41, 5.74) is 4.77. The number of carbonyl (C=O) groups excluding carboxylic acids is 3. The molecule has 1 aromatic carbocycles. The number of aryl methyl sites for hydroxylation is 1. The number of pyridine rings is 1. The molecule has 0 spiro atoms. The van der Waals surface area contributed by atoms with E-state index in [1.807, 2.05) is 57.8 Å². The summed E-state index contributed by atoms with van der Waals surface area (Å²) in [5.74, 6) is -0.149. The number of aromatic nitrogens is 2. The number of anilines is 1. The Kier molecular flexibility index (Phi) is 9.30. The molecule has 4 aliphatic rings. The van der Waals surface area contributed by atoms with Crippen molar-refractivity contribution in [1.29, 1.82) is 0 Å². The number of benzene rings is 1. The molecule has 0 aliphatic carbocycles. The van der Waals surface area contributed by atoms with Crippen LogP contribution in [0.15, 0.2) is 48.9 Å². The molecule has 3 aromatic rings. The maximum Gasteiger partial charge on any atom is 0.410 e. The lowest BCUT2D eigenvalue weighted by atomic mass is 10.0. The second-order valence-corrected chi connectivity index (χ2v) is 13.2. The van der Waals surface area contributed by atoms with E-state index < -0.39 is 12.2 Å². The van der Waals surface area contributed by atoms with Gasteiger partial charge in [-0.15, -0.1) is 0 Å². The number of nitrogens with one attached hydrogen (secondary N) is 1. The number of rotatable bonds is 6. The predicted octanol–water partition coefficient (Wildman–Crippen LogP) is 3.57. The van der Waals surface area contributed by atoms with E-state index in [2.05, 4.69) is 21.3 Å². The molecule has 0 radical (unpaired) electrons. The Morgan fingerprint density at radius 2 is 1.74 bits per heavy atom. The van der Waals surface area contributed by atoms with Crippen LogP contribution in [-0.4, -0.2) is 124 Å². The number of para-hydroxylation sites is 1. The minimum absolute atomic E-state index is 0.0303. The molecule has 3 fully saturated rings. The number of hydrogen-bond donors (Lipinski definition) is 1. The highest BCUT2D eigenvalue weighted by Gasteiger charge is 2.36. The number of carbonyl (C=O) groups is 3. The van der Waals surface area contributed by atoms with Gasteiger partial charge in [0.05, 0.1) is 0 Å². The lowest BCUT2D eigenvalue weighted by Crippen LogP contribution is -2.56. The Bertz CT molecular complexity index is 1590. The van der Waals surface area contributed by atoms with Crippen molar-refractivity contribution in [1.82, 2.24) is 29.0 Å². The molecule has 3 saturated heterocycles. The predicted molar refractivity (Wildman–Crippen MR) is 176 cm³/mol. The molecule has 4 amide bonds. The number of ether oxygens (including phenoxy) is 2. The first kappa shape index (κ1) is 31.4. The zero-order chi connectivity index (χ0) is 32.3. The molecule has 7 rings (SSSR count). The maximum absolute atomic E-state index is 14.0. The standard InChI is InChI=1S/C35H45N7O5/c1-25-22-26(24-41-15-11-36-32(25)41)23-31(33(43)39-18-16-38(17-19-39)28-9-20-46-21-10-28)47-35(45)40-12-7-29(8-13-40)42-14-6-27-4-2-3-5-30(27)37-34(42)44/h2-5,11,15,22,24,28-29,31H,6-10,12-14,16-21,23H2,1H3,(H,37,44). The van der Waals surface area contributed by atoms with Gasteiger partial charge in [0.25, 0.3) is 5.91 Å². The normalized spacial score (nSPS) is 20.9. The topological polar surface area (TPSA) is 112 Å². The van der Waals surface area contributed by atoms with Crippen molar-refractivity contribution >= 4 is 29.4 Å². The smallest absolute Gasteiger partial charge is 0.410 e. The largest absolute Gasteiger partial charge is 0.436 e. The van der Waals surface area contributed by atoms with Crippen LogP contribution < -0.4 is 5.32 Å². The fourth-order valence-corrected chi connectivity index (χ4v) is 7.64. The molecule has 250 valence electrons. The molecule has 6 heterocycles. The van der Waals surface area contributed by atoms with Crippen molar-refractivity contribution in [2.24, 2.45) is 0 Å². The number of nitrogens with zero attached hydrogens (tertiary/aromatic N) is 6. The van der Waals surface area contributed by atoms with Crippen LogP contribution in [0.3, 0.4) is 0 Å². The Morgan fingerprint density at radius 3 is 2.53 bits per heavy atom. The average Bonchev–Trinajstić information content (AvgIpc) is 3.52. The monoisotopic (exact) mass is 643 g/mol. The van der Waals surface area contributed by atoms with Crippen molar-refractivity contribution < 1.29 is 23.9 Å². The molecular weight excluding hydrogens is 598 g/mol. The summed E-state index contributed by atoms with van der Waals surface area (Å²) in [6.07, 6.45) is 8.61. The van der Waals surface area contributed by atoms with Gasteiger partial charge in [0.2, 0.25) is 0 Å². The van der Waals surface area contributed by atoms with Crippen LogP contribution in [0.1, 0.15) is 42.4 Å². The molecule has 1 N–H and O–H groups in total. The molecule has 12 heteroatoms. The molecule has 1 unspecified atom stereocenters. The first-order valence-electron chi connectivity index (χ1n) is 17.1. The van der Waals surface area contributed by atoms with Crippen molar-refractivity contribution in [3.63, 3.8) is 0 Å². The summed E-state index contributed by atoms with van der Waals surface area (Å²) in [7, 11) is 0. The van der Waals surface area contributed by atoms with E-state index in [9.17, 15) is 14.4 Å². The SMILES string of the molecule is Cc1cc(CC(OC(=O)N2CCC(N3CCc4ccccc4NC3=O)CC2)C(=O)N2CCN(C3CCOCC3)CC2)cn2ccnc12. The fourth-order valence-electron chi connectivity index (χ4n) is 7.64. The van der Waals surface area contributed by atoms with Gasteiger partial charge in [-0.1, -0.05) is 24.3 Å². The van der Waals surface area contributed by atoms with Gasteiger partial charge in [-0.25, -0.2) is 14.6 Å². The lowest BCUT2D eigenvalue weighted by molar-refractivity contribution is -0.143. The minimum atomic E-state index is -0.940. The summed E-state index contributed by atoms with van der Waals surface area (Å²) >= 11 is 0. The van der Waals surface area contributed by atoms with Crippen LogP contribution in [0, 0.1) is 6.92 Å². The Balaban J connectivity index is 1.00. The van der Waals surface area contributed by atoms with E-state index in [0.717, 1.165) is 73.6 Å². The van der Waals surface area contributed by atoms with Gasteiger partial charge in [0, 0.05) is 102 Å². The van der Waals surface area contributed by atoms with E-state index in [-0.39, 0.29) is 24.4 Å². The Labute approximate surface area is 275 Å². The van der Waals surface area contributed by atoms with Gasteiger partial charge in [0.1, 0.15) is 5.65 Å². The number of piperidine rings is 1. The number of amides is 4. The molecule has 4 aliphatic heterocycles. The summed E-state index contributed by atoms with van der Waals surface area (Å²) in [4.78, 5) is 53.1. The molecule has 1 atom stereocenters. The molecule has 47 heavy (non-hydrogen) atoms. The fraction of sp³-hybridized carbons (Fsp3) is 0.543. The second kappa shape index (κ2) is 13.9. The highest BCUT2D eigenvalue weighted by molar-refractivity contribution is 5.91. The number of urea groups is 1. The van der Waals surface area contributed by atoms with Crippen molar-refractivity contribution in [3.05, 3.63) is 65.6 Å². The molecular formula is C35H45N7O5. The summed E-state index contributed by atoms with van der Waals surface area (Å²) in [6.45, 7) is 7.97. The van der Waals surface area contributed by atoms with E-state index in [1.54, 1.807) is 11.1 Å². The lowest BCUT2D eigenvalue weighted by Gasteiger charge is -2.41. The summed E-state index contributed by atoms with van der Waals surface area (Å²) in [5, 5.41) is 3.06. The van der Waals surface area contributed by atoms with Crippen molar-refractivity contribution in [3.8, 4) is 0 Å². The minimum Gasteiger partial charge on any atom is -0.436 e. The van der Waals surface area contributed by atoms with Gasteiger partial charge in [-0.05, 0) is 61.8 Å². The van der Waals surface area contributed by atoms with Gasteiger partial charge >= 0.3 is 12.1 Å². The second-order valence-electron chi connectivity index (χ2n) is 13.2. The number of fused-ring (bicyclic) bond motifs is 2. The van der Waals surface area contributed by atoms with Crippen LogP contribution >= 0.6 is 0 Å². The van der Waals surface area contributed by atoms with Crippen molar-refractivity contribution in [2.45, 2.75) is 63.6 Å². The van der Waals surface area contributed by atoms with E-state index in [1.165, 1.54) is 0 Å². The third-order valence-electron chi connectivity index (χ3n) is 10.3. The van der Waals surface area contributed by atoms with Gasteiger partial charge in [0.15, 0.2) is 6.10 Å². The van der Waals surface area contributed by atoms with Crippen LogP contribution in [0.25, 0.3) is 5.65 Å². The van der Waals surface area contributed by atoms with Crippen LogP contribution in [0.5, 0.6) is 0 Å². The molecule has 0 bridgehead atoms. The Hall–Kier alpha value is -4.16. The van der Waals surface area contributed by atoms with Crippen LogP contribution in [-0.2, 0) is 27.1 Å². The number of piperazine rings is 1. The first-order valence-corrected chi connectivity index (χ1v) is 17.1. The van der Waals surface area contributed by atoms with E-state index >= 15 is 0 Å². The first-order chi connectivity index (χ1) is 22.9. The van der Waals surface area contributed by atoms with Crippen LogP contribution in [0.2, 0.25) is 0 Å². The van der Waals surface area contributed by atoms with E-state index in [4.69, 9.17) is 9.47 Å². The van der Waals surface area contributed by atoms with Crippen LogP contribution in [0.4, 0.5) is 15.3 Å². The highest BCUT2D eigenvalue weighted by atomic mass is 16.6. The quantitative estimate of drug-likeness (QED) is 0.437. The Morgan fingerprint density at radius 1 is 0.979 bits per heavy atom. The van der Waals surface area contributed by atoms with Gasteiger partial charge in [-0.2, -0.15) is 0 Å². The summed E-state index contributed by atoms with van der Waals surface area (Å²) in [6, 6.07) is 10.4. The third kappa shape index (κ3) is 6.94. The average molecular weight is 644 g/mol. The zero-order valence-corrected chi connectivity index (χ0v) is 27.2. The van der Waals surface area contributed by atoms with E-state index in [0.29, 0.717) is 51.6 Å². The maximum atomic E-state index is 14.0. The molecule has 12 nitrogen and oxygen atoms in total. The van der Waals surface area contributed by atoms with Crippen molar-refractivity contribution in [2.75, 3.05) is 64.3 Å². The van der Waals surface area contributed by atoms with Gasteiger partial charge in [-0.3, -0.25) is 9.69 Å².